The van der Waals surface area contributed by atoms with Crippen LogP contribution in [0.25, 0.3) is 11.3 Å². The Bertz CT molecular complexity index is 1190. The van der Waals surface area contributed by atoms with Gasteiger partial charge in [0.05, 0.1) is 19.9 Å². The maximum atomic E-state index is 12.2. The topological polar surface area (TPSA) is 81.4 Å². The normalized spacial score (nSPS) is 10.9. The van der Waals surface area contributed by atoms with Crippen molar-refractivity contribution in [2.24, 2.45) is 5.10 Å². The van der Waals surface area contributed by atoms with Crippen LogP contribution in [0.2, 0.25) is 0 Å². The summed E-state index contributed by atoms with van der Waals surface area (Å²) in [5.41, 5.74) is 6.35. The van der Waals surface area contributed by atoms with E-state index in [1.165, 1.54) is 0 Å². The number of pyridine rings is 1. The van der Waals surface area contributed by atoms with Crippen molar-refractivity contribution in [3.8, 4) is 17.0 Å². The Morgan fingerprint density at radius 2 is 1.94 bits per heavy atom. The van der Waals surface area contributed by atoms with E-state index in [2.05, 4.69) is 15.5 Å². The Kier molecular flexibility index (Phi) is 6.13. The van der Waals surface area contributed by atoms with E-state index in [9.17, 15) is 4.79 Å². The van der Waals surface area contributed by atoms with Gasteiger partial charge in [-0.15, -0.1) is 0 Å². The minimum atomic E-state index is -0.378. The van der Waals surface area contributed by atoms with Crippen molar-refractivity contribution in [2.75, 3.05) is 7.11 Å². The molecule has 0 aliphatic rings. The number of benzene rings is 2. The van der Waals surface area contributed by atoms with Crippen LogP contribution in [0.5, 0.6) is 5.75 Å². The van der Waals surface area contributed by atoms with Crippen LogP contribution in [0, 0.1) is 0 Å². The van der Waals surface area contributed by atoms with E-state index in [0.29, 0.717) is 12.2 Å². The zero-order valence-electron chi connectivity index (χ0n) is 17.0. The van der Waals surface area contributed by atoms with E-state index < -0.39 is 0 Å². The molecule has 1 N–H and O–H groups in total. The van der Waals surface area contributed by atoms with Crippen LogP contribution in [0.4, 0.5) is 0 Å². The van der Waals surface area contributed by atoms with E-state index in [1.807, 2.05) is 65.5 Å². The van der Waals surface area contributed by atoms with Gasteiger partial charge in [0, 0.05) is 23.5 Å². The standard InChI is InChI=1S/C24H21N5O2/c1-31-21-11-7-10-19(14-21)23-20(15-26-27-24(30)22-12-5-6-13-25-22)17-29(28-23)16-18-8-3-2-4-9-18/h2-15,17H,16H2,1H3,(H,27,30)/b26-15-. The molecule has 2 aromatic carbocycles. The molecule has 7 nitrogen and oxygen atoms in total. The molecule has 0 saturated carbocycles. The summed E-state index contributed by atoms with van der Waals surface area (Å²) in [4.78, 5) is 16.2. The monoisotopic (exact) mass is 411 g/mol. The predicted octanol–water partition coefficient (Wildman–Crippen LogP) is 3.77. The van der Waals surface area contributed by atoms with Crippen LogP contribution in [-0.4, -0.2) is 34.0 Å². The average molecular weight is 411 g/mol. The first-order valence-corrected chi connectivity index (χ1v) is 9.73. The number of methoxy groups -OCH3 is 1. The first-order valence-electron chi connectivity index (χ1n) is 9.73. The number of ether oxygens (including phenoxy) is 1. The van der Waals surface area contributed by atoms with E-state index in [-0.39, 0.29) is 5.91 Å². The van der Waals surface area contributed by atoms with Crippen LogP contribution in [-0.2, 0) is 6.54 Å². The van der Waals surface area contributed by atoms with Gasteiger partial charge in [-0.2, -0.15) is 10.2 Å². The highest BCUT2D eigenvalue weighted by molar-refractivity contribution is 5.94. The van der Waals surface area contributed by atoms with Crippen LogP contribution in [0.1, 0.15) is 21.6 Å². The molecule has 154 valence electrons. The first-order chi connectivity index (χ1) is 15.2. The summed E-state index contributed by atoms with van der Waals surface area (Å²) in [5, 5.41) is 8.87. The Labute approximate surface area is 180 Å². The summed E-state index contributed by atoms with van der Waals surface area (Å²) in [5.74, 6) is 0.359. The fourth-order valence-electron chi connectivity index (χ4n) is 3.09. The second-order valence-corrected chi connectivity index (χ2v) is 6.76. The van der Waals surface area contributed by atoms with Crippen molar-refractivity contribution in [1.29, 1.82) is 0 Å². The molecule has 31 heavy (non-hydrogen) atoms. The molecule has 0 aliphatic heterocycles. The molecule has 4 aromatic rings. The molecule has 0 bridgehead atoms. The number of nitrogens with zero attached hydrogens (tertiary/aromatic N) is 4. The minimum Gasteiger partial charge on any atom is -0.497 e. The molecule has 0 unspecified atom stereocenters. The Morgan fingerprint density at radius 3 is 2.71 bits per heavy atom. The maximum absolute atomic E-state index is 12.2. The van der Waals surface area contributed by atoms with Crippen LogP contribution >= 0.6 is 0 Å². The van der Waals surface area contributed by atoms with Crippen molar-refractivity contribution in [1.82, 2.24) is 20.2 Å². The van der Waals surface area contributed by atoms with Crippen LogP contribution in [0.15, 0.2) is 90.3 Å². The second kappa shape index (κ2) is 9.49. The summed E-state index contributed by atoms with van der Waals surface area (Å²) in [6.07, 6.45) is 5.05. The van der Waals surface area contributed by atoms with Gasteiger partial charge in [0.2, 0.25) is 0 Å². The van der Waals surface area contributed by atoms with Crippen molar-refractivity contribution < 1.29 is 9.53 Å². The summed E-state index contributed by atoms with van der Waals surface area (Å²) < 4.78 is 7.20. The summed E-state index contributed by atoms with van der Waals surface area (Å²) in [6, 6.07) is 22.9. The molecule has 0 spiro atoms. The fourth-order valence-corrected chi connectivity index (χ4v) is 3.09. The zero-order chi connectivity index (χ0) is 21.5. The third-order valence-electron chi connectivity index (χ3n) is 4.59. The lowest BCUT2D eigenvalue weighted by Gasteiger charge is -2.03. The van der Waals surface area contributed by atoms with Crippen molar-refractivity contribution in [3.05, 3.63) is 102 Å². The van der Waals surface area contributed by atoms with Gasteiger partial charge in [-0.05, 0) is 29.8 Å². The van der Waals surface area contributed by atoms with Gasteiger partial charge < -0.3 is 4.74 Å². The molecule has 7 heteroatoms. The number of nitrogens with one attached hydrogen (secondary N) is 1. The Morgan fingerprint density at radius 1 is 1.10 bits per heavy atom. The van der Waals surface area contributed by atoms with E-state index in [1.54, 1.807) is 37.7 Å². The molecule has 0 aliphatic carbocycles. The molecule has 0 radical (unpaired) electrons. The molecule has 0 saturated heterocycles. The maximum Gasteiger partial charge on any atom is 0.289 e. The van der Waals surface area contributed by atoms with Crippen molar-refractivity contribution in [3.63, 3.8) is 0 Å². The number of hydrazone groups is 1. The summed E-state index contributed by atoms with van der Waals surface area (Å²) in [7, 11) is 1.63. The fraction of sp³-hybridized carbons (Fsp3) is 0.0833. The predicted molar refractivity (Wildman–Crippen MR) is 119 cm³/mol. The number of hydrogen-bond donors (Lipinski definition) is 1. The van der Waals surface area contributed by atoms with Gasteiger partial charge in [-0.1, -0.05) is 48.5 Å². The molecule has 1 amide bonds. The Balaban J connectivity index is 1.61. The van der Waals surface area contributed by atoms with Gasteiger partial charge in [0.1, 0.15) is 17.1 Å². The zero-order valence-corrected chi connectivity index (χ0v) is 17.0. The Hall–Kier alpha value is -4.26. The smallest absolute Gasteiger partial charge is 0.289 e. The van der Waals surface area contributed by atoms with E-state index in [0.717, 1.165) is 28.1 Å². The largest absolute Gasteiger partial charge is 0.497 e. The van der Waals surface area contributed by atoms with Crippen molar-refractivity contribution >= 4 is 12.1 Å². The lowest BCUT2D eigenvalue weighted by atomic mass is 10.1. The first kappa shape index (κ1) is 20.0. The highest BCUT2D eigenvalue weighted by Crippen LogP contribution is 2.25. The average Bonchev–Trinajstić information content (AvgIpc) is 3.22. The molecule has 2 heterocycles. The number of amides is 1. The lowest BCUT2D eigenvalue weighted by molar-refractivity contribution is 0.0950. The summed E-state index contributed by atoms with van der Waals surface area (Å²) in [6.45, 7) is 0.617. The van der Waals surface area contributed by atoms with Gasteiger partial charge in [0.15, 0.2) is 0 Å². The highest BCUT2D eigenvalue weighted by atomic mass is 16.5. The van der Waals surface area contributed by atoms with Gasteiger partial charge in [-0.3, -0.25) is 14.5 Å². The molecule has 0 atom stereocenters. The molecule has 4 rings (SSSR count). The molecular formula is C24H21N5O2. The number of rotatable bonds is 7. The van der Waals surface area contributed by atoms with Gasteiger partial charge in [0.25, 0.3) is 5.91 Å². The van der Waals surface area contributed by atoms with E-state index in [4.69, 9.17) is 9.84 Å². The number of carbonyl (C=O) groups excluding carboxylic acids is 1. The molecule has 0 fully saturated rings. The second-order valence-electron chi connectivity index (χ2n) is 6.76. The number of aromatic nitrogens is 3. The van der Waals surface area contributed by atoms with Crippen LogP contribution in [0.3, 0.4) is 0 Å². The highest BCUT2D eigenvalue weighted by Gasteiger charge is 2.12. The van der Waals surface area contributed by atoms with Gasteiger partial charge >= 0.3 is 0 Å². The SMILES string of the molecule is COc1cccc(-c2nn(Cc3ccccc3)cc2/C=N\NC(=O)c2ccccn2)c1. The quantitative estimate of drug-likeness (QED) is 0.371. The number of carbonyl (C=O) groups is 1. The summed E-state index contributed by atoms with van der Waals surface area (Å²) >= 11 is 0. The third kappa shape index (κ3) is 5.02. The van der Waals surface area contributed by atoms with Crippen LogP contribution < -0.4 is 10.2 Å². The minimum absolute atomic E-state index is 0.299. The van der Waals surface area contributed by atoms with Gasteiger partial charge in [-0.25, -0.2) is 5.43 Å². The lowest BCUT2D eigenvalue weighted by Crippen LogP contribution is -2.18. The number of hydrogen-bond acceptors (Lipinski definition) is 5. The molecular weight excluding hydrogens is 390 g/mol. The molecule has 2 aromatic heterocycles. The third-order valence-corrected chi connectivity index (χ3v) is 4.59. The van der Waals surface area contributed by atoms with E-state index >= 15 is 0 Å². The van der Waals surface area contributed by atoms with Crippen molar-refractivity contribution in [2.45, 2.75) is 6.54 Å².